The molecule has 1 atom stereocenters. The maximum atomic E-state index is 12.1. The molecule has 1 amide bonds. The van der Waals surface area contributed by atoms with Crippen molar-refractivity contribution in [3.63, 3.8) is 0 Å². The largest absolute Gasteiger partial charge is 0.324 e. The highest BCUT2D eigenvalue weighted by molar-refractivity contribution is 5.98. The van der Waals surface area contributed by atoms with E-state index in [1.165, 1.54) is 5.56 Å². The van der Waals surface area contributed by atoms with Crippen molar-refractivity contribution >= 4 is 11.6 Å². The van der Waals surface area contributed by atoms with Gasteiger partial charge in [-0.3, -0.25) is 4.79 Å². The van der Waals surface area contributed by atoms with Gasteiger partial charge in [-0.1, -0.05) is 17.7 Å². The van der Waals surface area contributed by atoms with Gasteiger partial charge in [0, 0.05) is 5.69 Å². The van der Waals surface area contributed by atoms with Crippen molar-refractivity contribution < 1.29 is 4.79 Å². The Kier molecular flexibility index (Phi) is 2.96. The number of hydrogen-bond acceptors (Lipinski definition) is 2. The molecule has 1 aromatic rings. The molecule has 1 fully saturated rings. The van der Waals surface area contributed by atoms with E-state index >= 15 is 0 Å². The van der Waals surface area contributed by atoms with Gasteiger partial charge >= 0.3 is 0 Å². The Bertz CT molecular complexity index is 448. The number of aryl methyl sites for hydroxylation is 2. The van der Waals surface area contributed by atoms with Gasteiger partial charge in [-0.25, -0.2) is 0 Å². The summed E-state index contributed by atoms with van der Waals surface area (Å²) in [5.41, 5.74) is 8.47. The van der Waals surface area contributed by atoms with E-state index in [1.807, 2.05) is 32.9 Å². The molecule has 17 heavy (non-hydrogen) atoms. The second kappa shape index (κ2) is 4.15. The van der Waals surface area contributed by atoms with Crippen LogP contribution in [0.4, 0.5) is 5.69 Å². The highest BCUT2D eigenvalue weighted by Gasteiger charge is 2.44. The summed E-state index contributed by atoms with van der Waals surface area (Å²) in [5, 5.41) is 2.94. The fraction of sp³-hybridized carbons (Fsp3) is 0.500. The summed E-state index contributed by atoms with van der Waals surface area (Å²) in [6.45, 7) is 5.85. The zero-order chi connectivity index (χ0) is 12.6. The molecule has 0 saturated heterocycles. The molecule has 3 N–H and O–H groups in total. The van der Waals surface area contributed by atoms with Crippen LogP contribution < -0.4 is 11.1 Å². The first-order chi connectivity index (χ1) is 7.91. The number of benzene rings is 1. The first-order valence-electron chi connectivity index (χ1n) is 6.09. The van der Waals surface area contributed by atoms with Gasteiger partial charge in [-0.15, -0.1) is 0 Å². The first kappa shape index (κ1) is 12.1. The van der Waals surface area contributed by atoms with Crippen LogP contribution in [0.15, 0.2) is 18.2 Å². The third-order valence-corrected chi connectivity index (χ3v) is 3.54. The molecule has 2 rings (SSSR count). The van der Waals surface area contributed by atoms with Crippen LogP contribution >= 0.6 is 0 Å². The Morgan fingerprint density at radius 3 is 2.59 bits per heavy atom. The maximum Gasteiger partial charge on any atom is 0.244 e. The minimum atomic E-state index is -0.739. The lowest BCUT2D eigenvalue weighted by atomic mass is 9.96. The second-order valence-electron chi connectivity index (χ2n) is 5.33. The predicted molar refractivity (Wildman–Crippen MR) is 69.9 cm³/mol. The summed E-state index contributed by atoms with van der Waals surface area (Å²) in [4.78, 5) is 12.1. The number of carbonyl (C=O) groups is 1. The Morgan fingerprint density at radius 2 is 2.06 bits per heavy atom. The fourth-order valence-corrected chi connectivity index (χ4v) is 2.08. The highest BCUT2D eigenvalue weighted by atomic mass is 16.2. The van der Waals surface area contributed by atoms with E-state index in [4.69, 9.17) is 5.73 Å². The third-order valence-electron chi connectivity index (χ3n) is 3.54. The summed E-state index contributed by atoms with van der Waals surface area (Å²) >= 11 is 0. The van der Waals surface area contributed by atoms with Crippen LogP contribution in [-0.4, -0.2) is 11.4 Å². The maximum absolute atomic E-state index is 12.1. The lowest BCUT2D eigenvalue weighted by Crippen LogP contribution is -2.50. The van der Waals surface area contributed by atoms with E-state index in [0.717, 1.165) is 24.1 Å². The van der Waals surface area contributed by atoms with E-state index in [1.54, 1.807) is 0 Å². The van der Waals surface area contributed by atoms with Crippen molar-refractivity contribution in [1.29, 1.82) is 0 Å². The molecule has 1 unspecified atom stereocenters. The first-order valence-corrected chi connectivity index (χ1v) is 6.09. The van der Waals surface area contributed by atoms with E-state index in [0.29, 0.717) is 5.92 Å². The zero-order valence-corrected chi connectivity index (χ0v) is 10.7. The zero-order valence-electron chi connectivity index (χ0n) is 10.7. The molecule has 92 valence electrons. The lowest BCUT2D eigenvalue weighted by molar-refractivity contribution is -0.121. The van der Waals surface area contributed by atoms with Crippen molar-refractivity contribution in [2.75, 3.05) is 5.32 Å². The van der Waals surface area contributed by atoms with Gasteiger partial charge in [0.1, 0.15) is 0 Å². The molecule has 0 aliphatic heterocycles. The number of anilines is 1. The van der Waals surface area contributed by atoms with Crippen LogP contribution in [0.1, 0.15) is 30.9 Å². The average Bonchev–Trinajstić information content (AvgIpc) is 3.05. The number of carbonyl (C=O) groups excluding carboxylic acids is 1. The van der Waals surface area contributed by atoms with Crippen LogP contribution in [0.3, 0.4) is 0 Å². The standard InChI is InChI=1S/C14H20N2O/c1-9-4-7-12(10(2)8-9)16-13(17)14(3,15)11-5-6-11/h4,7-8,11H,5-6,15H2,1-3H3,(H,16,17). The van der Waals surface area contributed by atoms with Crippen molar-refractivity contribution in [1.82, 2.24) is 0 Å². The van der Waals surface area contributed by atoms with Crippen LogP contribution in [0.25, 0.3) is 0 Å². The number of rotatable bonds is 3. The highest BCUT2D eigenvalue weighted by Crippen LogP contribution is 2.38. The Morgan fingerprint density at radius 1 is 1.41 bits per heavy atom. The van der Waals surface area contributed by atoms with Crippen LogP contribution in [0, 0.1) is 19.8 Å². The van der Waals surface area contributed by atoms with Gasteiger partial charge in [0.15, 0.2) is 0 Å². The number of nitrogens with two attached hydrogens (primary N) is 1. The molecule has 1 aliphatic rings. The molecule has 0 heterocycles. The number of nitrogens with one attached hydrogen (secondary N) is 1. The Balaban J connectivity index is 2.12. The molecule has 0 aromatic heterocycles. The Labute approximate surface area is 102 Å². The summed E-state index contributed by atoms with van der Waals surface area (Å²) in [6, 6.07) is 5.99. The lowest BCUT2D eigenvalue weighted by Gasteiger charge is -2.23. The van der Waals surface area contributed by atoms with Gasteiger partial charge in [0.05, 0.1) is 5.54 Å². The van der Waals surface area contributed by atoms with Crippen LogP contribution in [0.2, 0.25) is 0 Å². The second-order valence-corrected chi connectivity index (χ2v) is 5.33. The van der Waals surface area contributed by atoms with Crippen molar-refractivity contribution in [2.24, 2.45) is 11.7 Å². The molecule has 1 aliphatic carbocycles. The SMILES string of the molecule is Cc1ccc(NC(=O)C(C)(N)C2CC2)c(C)c1. The van der Waals surface area contributed by atoms with Crippen molar-refractivity contribution in [3.8, 4) is 0 Å². The molecular formula is C14H20N2O. The molecule has 3 heteroatoms. The fourth-order valence-electron chi connectivity index (χ4n) is 2.08. The summed E-state index contributed by atoms with van der Waals surface area (Å²) in [5.74, 6) is 0.264. The minimum absolute atomic E-state index is 0.0769. The van der Waals surface area contributed by atoms with Gasteiger partial charge in [-0.2, -0.15) is 0 Å². The summed E-state index contributed by atoms with van der Waals surface area (Å²) < 4.78 is 0. The minimum Gasteiger partial charge on any atom is -0.324 e. The summed E-state index contributed by atoms with van der Waals surface area (Å²) in [6.07, 6.45) is 2.13. The molecule has 0 spiro atoms. The number of hydrogen-bond donors (Lipinski definition) is 2. The quantitative estimate of drug-likeness (QED) is 0.840. The van der Waals surface area contributed by atoms with Crippen LogP contribution in [-0.2, 0) is 4.79 Å². The van der Waals surface area contributed by atoms with E-state index in [9.17, 15) is 4.79 Å². The molecule has 1 saturated carbocycles. The molecular weight excluding hydrogens is 212 g/mol. The van der Waals surface area contributed by atoms with E-state index in [2.05, 4.69) is 11.4 Å². The molecule has 3 nitrogen and oxygen atoms in total. The molecule has 0 bridgehead atoms. The van der Waals surface area contributed by atoms with Crippen LogP contribution in [0.5, 0.6) is 0 Å². The van der Waals surface area contributed by atoms with Gasteiger partial charge in [0.2, 0.25) is 5.91 Å². The summed E-state index contributed by atoms with van der Waals surface area (Å²) in [7, 11) is 0. The van der Waals surface area contributed by atoms with E-state index in [-0.39, 0.29) is 5.91 Å². The molecule has 0 radical (unpaired) electrons. The third kappa shape index (κ3) is 2.50. The van der Waals surface area contributed by atoms with Gasteiger partial charge < -0.3 is 11.1 Å². The Hall–Kier alpha value is -1.35. The van der Waals surface area contributed by atoms with Gasteiger partial charge in [-0.05, 0) is 51.2 Å². The van der Waals surface area contributed by atoms with Crippen molar-refractivity contribution in [3.05, 3.63) is 29.3 Å². The van der Waals surface area contributed by atoms with Gasteiger partial charge in [0.25, 0.3) is 0 Å². The average molecular weight is 232 g/mol. The number of amides is 1. The topological polar surface area (TPSA) is 55.1 Å². The van der Waals surface area contributed by atoms with Crippen molar-refractivity contribution in [2.45, 2.75) is 39.2 Å². The smallest absolute Gasteiger partial charge is 0.244 e. The predicted octanol–water partition coefficient (Wildman–Crippen LogP) is 2.37. The normalized spacial score (nSPS) is 18.6. The van der Waals surface area contributed by atoms with E-state index < -0.39 is 5.54 Å². The monoisotopic (exact) mass is 232 g/mol. The molecule has 1 aromatic carbocycles.